The van der Waals surface area contributed by atoms with Gasteiger partial charge in [0.2, 0.25) is 0 Å². The molecule has 0 radical (unpaired) electrons. The van der Waals surface area contributed by atoms with Crippen molar-refractivity contribution < 1.29 is 4.79 Å². The number of hydrogen-bond donors (Lipinski definition) is 2. The molecule has 7 nitrogen and oxygen atoms in total. The molecule has 7 heteroatoms. The second-order valence-corrected chi connectivity index (χ2v) is 8.47. The Balaban J connectivity index is 2.09. The predicted octanol–water partition coefficient (Wildman–Crippen LogP) is 4.33. The SMILES string of the molecule is CCCCCCCCn1c(=N)c(C(=O)NCCCC)cc2c(=O)n3cccc(C)c3nc21. The number of nitrogens with zero attached hydrogens (tertiary/aromatic N) is 3. The largest absolute Gasteiger partial charge is 0.352 e. The van der Waals surface area contributed by atoms with Crippen molar-refractivity contribution in [1.82, 2.24) is 19.3 Å². The number of nitrogens with one attached hydrogen (secondary N) is 2. The first-order chi connectivity index (χ1) is 15.5. The van der Waals surface area contributed by atoms with Crippen LogP contribution in [-0.4, -0.2) is 26.4 Å². The van der Waals surface area contributed by atoms with E-state index < -0.39 is 0 Å². The topological polar surface area (TPSA) is 92.2 Å². The van der Waals surface area contributed by atoms with Crippen LogP contribution in [0.25, 0.3) is 16.7 Å². The molecule has 32 heavy (non-hydrogen) atoms. The summed E-state index contributed by atoms with van der Waals surface area (Å²) in [6, 6.07) is 5.28. The van der Waals surface area contributed by atoms with Gasteiger partial charge in [-0.1, -0.05) is 58.4 Å². The quantitative estimate of drug-likeness (QED) is 0.345. The normalized spacial score (nSPS) is 11.3. The minimum absolute atomic E-state index is 0.116. The third-order valence-electron chi connectivity index (χ3n) is 5.93. The number of hydrogen-bond acceptors (Lipinski definition) is 4. The van der Waals surface area contributed by atoms with Gasteiger partial charge in [-0.25, -0.2) is 4.98 Å². The Labute approximate surface area is 189 Å². The monoisotopic (exact) mass is 437 g/mol. The molecule has 0 aliphatic heterocycles. The number of unbranched alkanes of at least 4 members (excludes halogenated alkanes) is 6. The van der Waals surface area contributed by atoms with Crippen molar-refractivity contribution in [2.24, 2.45) is 0 Å². The van der Waals surface area contributed by atoms with Crippen molar-refractivity contribution in [1.29, 1.82) is 5.41 Å². The highest BCUT2D eigenvalue weighted by atomic mass is 16.1. The summed E-state index contributed by atoms with van der Waals surface area (Å²) in [7, 11) is 0. The van der Waals surface area contributed by atoms with Crippen LogP contribution in [0, 0.1) is 12.3 Å². The van der Waals surface area contributed by atoms with Gasteiger partial charge < -0.3 is 9.88 Å². The molecule has 3 rings (SSSR count). The van der Waals surface area contributed by atoms with E-state index in [1.807, 2.05) is 19.1 Å². The Hall–Kier alpha value is -2.96. The summed E-state index contributed by atoms with van der Waals surface area (Å²) in [5.74, 6) is -0.309. The predicted molar refractivity (Wildman–Crippen MR) is 128 cm³/mol. The highest BCUT2D eigenvalue weighted by molar-refractivity contribution is 5.96. The van der Waals surface area contributed by atoms with E-state index in [0.29, 0.717) is 29.8 Å². The maximum Gasteiger partial charge on any atom is 0.267 e. The molecule has 0 bridgehead atoms. The van der Waals surface area contributed by atoms with Crippen LogP contribution >= 0.6 is 0 Å². The molecule has 2 N–H and O–H groups in total. The summed E-state index contributed by atoms with van der Waals surface area (Å²) >= 11 is 0. The number of aromatic nitrogens is 3. The third kappa shape index (κ3) is 5.09. The Kier molecular flexibility index (Phi) is 8.20. The lowest BCUT2D eigenvalue weighted by Crippen LogP contribution is -2.35. The minimum atomic E-state index is -0.309. The van der Waals surface area contributed by atoms with Crippen LogP contribution in [0.1, 0.15) is 81.1 Å². The first-order valence-corrected chi connectivity index (χ1v) is 11.9. The average Bonchev–Trinajstić information content (AvgIpc) is 2.78. The summed E-state index contributed by atoms with van der Waals surface area (Å²) in [4.78, 5) is 30.9. The number of aryl methyl sites for hydroxylation is 2. The molecular weight excluding hydrogens is 402 g/mol. The van der Waals surface area contributed by atoms with Gasteiger partial charge in [-0.05, 0) is 37.5 Å². The Morgan fingerprint density at radius 3 is 2.53 bits per heavy atom. The number of amides is 1. The van der Waals surface area contributed by atoms with E-state index in [1.165, 1.54) is 23.7 Å². The van der Waals surface area contributed by atoms with Crippen molar-refractivity contribution >= 4 is 22.6 Å². The number of fused-ring (bicyclic) bond motifs is 2. The molecule has 3 aromatic heterocycles. The van der Waals surface area contributed by atoms with E-state index in [4.69, 9.17) is 10.4 Å². The van der Waals surface area contributed by atoms with E-state index in [-0.39, 0.29) is 22.5 Å². The van der Waals surface area contributed by atoms with Gasteiger partial charge in [-0.2, -0.15) is 0 Å². The Morgan fingerprint density at radius 1 is 1.06 bits per heavy atom. The molecule has 0 fully saturated rings. The summed E-state index contributed by atoms with van der Waals surface area (Å²) in [6.07, 6.45) is 10.3. The first kappa shape index (κ1) is 23.7. The minimum Gasteiger partial charge on any atom is -0.352 e. The van der Waals surface area contributed by atoms with Gasteiger partial charge in [0.15, 0.2) is 0 Å². The molecule has 172 valence electrons. The van der Waals surface area contributed by atoms with Crippen LogP contribution in [0.5, 0.6) is 0 Å². The summed E-state index contributed by atoms with van der Waals surface area (Å²) in [6.45, 7) is 7.29. The van der Waals surface area contributed by atoms with Crippen molar-refractivity contribution in [2.45, 2.75) is 78.7 Å². The molecule has 1 amide bonds. The number of pyridine rings is 2. The van der Waals surface area contributed by atoms with Gasteiger partial charge in [0, 0.05) is 19.3 Å². The fourth-order valence-corrected chi connectivity index (χ4v) is 4.01. The third-order valence-corrected chi connectivity index (χ3v) is 5.93. The molecule has 0 unspecified atom stereocenters. The van der Waals surface area contributed by atoms with Gasteiger partial charge in [0.05, 0.1) is 10.9 Å². The maximum atomic E-state index is 13.3. The van der Waals surface area contributed by atoms with Crippen molar-refractivity contribution in [3.8, 4) is 0 Å². The summed E-state index contributed by atoms with van der Waals surface area (Å²) in [5, 5.41) is 12.0. The second-order valence-electron chi connectivity index (χ2n) is 8.47. The van der Waals surface area contributed by atoms with Crippen molar-refractivity contribution in [2.75, 3.05) is 6.54 Å². The number of rotatable bonds is 11. The van der Waals surface area contributed by atoms with Gasteiger partial charge >= 0.3 is 0 Å². The first-order valence-electron chi connectivity index (χ1n) is 11.9. The van der Waals surface area contributed by atoms with Crippen LogP contribution < -0.4 is 16.4 Å². The molecule has 0 aliphatic carbocycles. The van der Waals surface area contributed by atoms with Gasteiger partial charge in [0.1, 0.15) is 16.8 Å². The van der Waals surface area contributed by atoms with Gasteiger partial charge in [-0.3, -0.25) is 19.4 Å². The standard InChI is InChI=1S/C25H35N5O2/c1-4-6-8-9-10-11-15-29-21(26)19(24(31)27-14-7-5-2)17-20-23(29)28-22-18(3)13-12-16-30(22)25(20)32/h12-13,16-17,26H,4-11,14-15H2,1-3H3,(H,27,31). The maximum absolute atomic E-state index is 13.3. The van der Waals surface area contributed by atoms with Crippen molar-refractivity contribution in [3.63, 3.8) is 0 Å². The molecule has 0 aliphatic rings. The molecule has 3 aromatic rings. The fraction of sp³-hybridized carbons (Fsp3) is 0.520. The zero-order valence-corrected chi connectivity index (χ0v) is 19.5. The van der Waals surface area contributed by atoms with Crippen LogP contribution in [0.15, 0.2) is 29.2 Å². The zero-order chi connectivity index (χ0) is 23.1. The molecule has 0 saturated heterocycles. The molecule has 3 heterocycles. The number of carbonyl (C=O) groups excluding carboxylic acids is 1. The van der Waals surface area contributed by atoms with Crippen LogP contribution in [0.3, 0.4) is 0 Å². The molecule has 0 atom stereocenters. The van der Waals surface area contributed by atoms with Gasteiger partial charge in [-0.15, -0.1) is 0 Å². The van der Waals surface area contributed by atoms with Gasteiger partial charge in [0.25, 0.3) is 11.5 Å². The van der Waals surface area contributed by atoms with E-state index in [0.717, 1.165) is 37.7 Å². The summed E-state index contributed by atoms with van der Waals surface area (Å²) < 4.78 is 3.27. The van der Waals surface area contributed by atoms with Crippen LogP contribution in [0.4, 0.5) is 0 Å². The highest BCUT2D eigenvalue weighted by Gasteiger charge is 2.17. The molecule has 0 spiro atoms. The molecular formula is C25H35N5O2. The molecule has 0 saturated carbocycles. The molecule has 0 aromatic carbocycles. The van der Waals surface area contributed by atoms with Crippen LogP contribution in [-0.2, 0) is 6.54 Å². The second kappa shape index (κ2) is 11.1. The van der Waals surface area contributed by atoms with Crippen LogP contribution in [0.2, 0.25) is 0 Å². The number of carbonyl (C=O) groups is 1. The highest BCUT2D eigenvalue weighted by Crippen LogP contribution is 2.14. The average molecular weight is 438 g/mol. The smallest absolute Gasteiger partial charge is 0.267 e. The lowest BCUT2D eigenvalue weighted by molar-refractivity contribution is 0.0950. The Bertz CT molecular complexity index is 1210. The van der Waals surface area contributed by atoms with E-state index in [9.17, 15) is 9.59 Å². The zero-order valence-electron chi connectivity index (χ0n) is 19.5. The van der Waals surface area contributed by atoms with E-state index in [1.54, 1.807) is 16.8 Å². The lowest BCUT2D eigenvalue weighted by atomic mass is 10.1. The lowest BCUT2D eigenvalue weighted by Gasteiger charge is -2.15. The fourth-order valence-electron chi connectivity index (χ4n) is 4.01. The van der Waals surface area contributed by atoms with E-state index in [2.05, 4.69) is 19.2 Å². The van der Waals surface area contributed by atoms with E-state index >= 15 is 0 Å². The van der Waals surface area contributed by atoms with Crippen molar-refractivity contribution in [3.05, 3.63) is 51.4 Å². The summed E-state index contributed by atoms with van der Waals surface area (Å²) in [5.41, 5.74) is 2.09. The Morgan fingerprint density at radius 2 is 1.78 bits per heavy atom.